The van der Waals surface area contributed by atoms with E-state index in [1.54, 1.807) is 54.6 Å². The molecule has 0 N–H and O–H groups in total. The van der Waals surface area contributed by atoms with Gasteiger partial charge >= 0.3 is 12.4 Å². The molecule has 9 aromatic carbocycles. The Morgan fingerprint density at radius 1 is 0.297 bits per heavy atom. The maximum absolute atomic E-state index is 14.4. The highest BCUT2D eigenvalue weighted by molar-refractivity contribution is 6.13. The molecule has 0 aliphatic carbocycles. The van der Waals surface area contributed by atoms with Gasteiger partial charge in [0.1, 0.15) is 0 Å². The molecule has 7 nitrogen and oxygen atoms in total. The Labute approximate surface area is 417 Å². The zero-order chi connectivity index (χ0) is 51.6. The first-order valence-electron chi connectivity index (χ1n) is 22.6. The average molecular weight is 974 g/mol. The van der Waals surface area contributed by atoms with Crippen molar-refractivity contribution in [1.82, 2.24) is 9.13 Å². The predicted molar refractivity (Wildman–Crippen MR) is 270 cm³/mol. The number of hydrogen-bond donors (Lipinski definition) is 0. The number of rotatable bonds is 6. The van der Waals surface area contributed by atoms with Crippen LogP contribution >= 0.6 is 0 Å². The second kappa shape index (κ2) is 17.5. The van der Waals surface area contributed by atoms with E-state index in [1.807, 2.05) is 94.1 Å². The van der Waals surface area contributed by atoms with Crippen molar-refractivity contribution in [1.29, 1.82) is 26.3 Å². The number of nitrogens with zero attached hydrogens (tertiary/aromatic N) is 7. The molecule has 0 atom stereocenters. The van der Waals surface area contributed by atoms with E-state index in [1.165, 1.54) is 18.2 Å². The highest BCUT2D eigenvalue weighted by Crippen LogP contribution is 2.45. The highest BCUT2D eigenvalue weighted by Gasteiger charge is 2.37. The summed E-state index contributed by atoms with van der Waals surface area (Å²) in [5.74, 6) is 0. The monoisotopic (exact) mass is 973 g/mol. The topological polar surface area (TPSA) is 129 Å². The van der Waals surface area contributed by atoms with Crippen LogP contribution in [0, 0.1) is 56.7 Å². The average Bonchev–Trinajstić information content (AvgIpc) is 3.93. The van der Waals surface area contributed by atoms with Crippen LogP contribution in [0.2, 0.25) is 0 Å². The number of fused-ring (bicyclic) bond motifs is 6. The van der Waals surface area contributed by atoms with E-state index in [0.717, 1.165) is 32.8 Å². The molecular weight excluding hydrogens is 945 g/mol. The van der Waals surface area contributed by atoms with Crippen molar-refractivity contribution in [2.75, 3.05) is 0 Å². The normalized spacial score (nSPS) is 11.6. The van der Waals surface area contributed by atoms with Crippen molar-refractivity contribution in [3.8, 4) is 86.2 Å². The quantitative estimate of drug-likeness (QED) is 0.153. The minimum atomic E-state index is -5.11. The Kier molecular flexibility index (Phi) is 10.9. The first-order chi connectivity index (χ1) is 35.7. The summed E-state index contributed by atoms with van der Waals surface area (Å²) in [4.78, 5) is 0. The molecule has 2 heterocycles. The standard InChI is InChI=1S/C61H29F6N7/c62-60(63,64)46-24-45(25-47(29-46)61(65,66)67)42-10-14-51(59(28-42)74-55-8-4-2-6-49(55)53-27-41(12-16-57(53)74)44-21-38(33-71)18-39(22-44)34-72)50-13-9-35(30-68)23-58(50)73-54-7-3-1-5-48(54)52-26-40(11-15-56(52)73)43-19-36(31-69)17-37(20-43)32-70/h1-29H. The molecule has 350 valence electrons. The Bertz CT molecular complexity index is 4330. The molecule has 74 heavy (non-hydrogen) atoms. The smallest absolute Gasteiger partial charge is 0.309 e. The van der Waals surface area contributed by atoms with Gasteiger partial charge in [-0.25, -0.2) is 0 Å². The number of aromatic nitrogens is 2. The molecule has 11 aromatic rings. The van der Waals surface area contributed by atoms with Crippen LogP contribution in [0.4, 0.5) is 26.3 Å². The first kappa shape index (κ1) is 46.0. The fourth-order valence-corrected chi connectivity index (χ4v) is 9.93. The maximum atomic E-state index is 14.4. The van der Waals surface area contributed by atoms with Gasteiger partial charge in [0, 0.05) is 32.7 Å². The van der Waals surface area contributed by atoms with Crippen LogP contribution in [0.25, 0.3) is 99.5 Å². The Balaban J connectivity index is 1.21. The predicted octanol–water partition coefficient (Wildman–Crippen LogP) is 15.9. The van der Waals surface area contributed by atoms with Gasteiger partial charge in [0.05, 0.1) is 103 Å². The first-order valence-corrected chi connectivity index (χ1v) is 22.6. The van der Waals surface area contributed by atoms with Crippen molar-refractivity contribution in [2.24, 2.45) is 0 Å². The van der Waals surface area contributed by atoms with E-state index in [0.29, 0.717) is 84.4 Å². The summed E-state index contributed by atoms with van der Waals surface area (Å²) in [6.07, 6.45) is -10.2. The van der Waals surface area contributed by atoms with Gasteiger partial charge in [-0.05, 0) is 143 Å². The van der Waals surface area contributed by atoms with Gasteiger partial charge in [-0.15, -0.1) is 0 Å². The van der Waals surface area contributed by atoms with Crippen LogP contribution in [0.5, 0.6) is 0 Å². The molecule has 0 fully saturated rings. The molecule has 0 amide bonds. The van der Waals surface area contributed by atoms with E-state index in [-0.39, 0.29) is 28.3 Å². The fourth-order valence-electron chi connectivity index (χ4n) is 9.93. The van der Waals surface area contributed by atoms with Crippen molar-refractivity contribution in [2.45, 2.75) is 12.4 Å². The molecule has 13 heteroatoms. The van der Waals surface area contributed by atoms with Crippen LogP contribution in [0.15, 0.2) is 176 Å². The number of nitriles is 5. The van der Waals surface area contributed by atoms with Crippen LogP contribution in [0.1, 0.15) is 38.9 Å². The van der Waals surface area contributed by atoms with E-state index in [2.05, 4.69) is 30.3 Å². The molecule has 2 aromatic heterocycles. The largest absolute Gasteiger partial charge is 0.416 e. The van der Waals surface area contributed by atoms with Crippen LogP contribution in [0.3, 0.4) is 0 Å². The van der Waals surface area contributed by atoms with Crippen molar-refractivity contribution >= 4 is 43.6 Å². The minimum absolute atomic E-state index is 0.0554. The number of hydrogen-bond acceptors (Lipinski definition) is 5. The summed E-state index contributed by atoms with van der Waals surface area (Å²) in [7, 11) is 0. The van der Waals surface area contributed by atoms with E-state index >= 15 is 0 Å². The molecule has 0 spiro atoms. The number of para-hydroxylation sites is 2. The molecular formula is C61H29F6N7. The molecule has 0 bridgehead atoms. The summed E-state index contributed by atoms with van der Waals surface area (Å²) in [6.45, 7) is 0. The molecule has 0 saturated heterocycles. The van der Waals surface area contributed by atoms with Gasteiger partial charge in [-0.2, -0.15) is 52.7 Å². The Morgan fingerprint density at radius 3 is 1.09 bits per heavy atom. The molecule has 0 aliphatic heterocycles. The summed E-state index contributed by atoms with van der Waals surface area (Å²) >= 11 is 0. The van der Waals surface area contributed by atoms with Crippen LogP contribution in [-0.2, 0) is 12.4 Å². The van der Waals surface area contributed by atoms with Crippen LogP contribution in [-0.4, -0.2) is 9.13 Å². The third-order valence-corrected chi connectivity index (χ3v) is 13.2. The second-order valence-corrected chi connectivity index (χ2v) is 17.6. The van der Waals surface area contributed by atoms with Gasteiger partial charge in [0.15, 0.2) is 0 Å². The van der Waals surface area contributed by atoms with Crippen LogP contribution < -0.4 is 0 Å². The fraction of sp³-hybridized carbons (Fsp3) is 0.0328. The molecule has 0 aliphatic rings. The molecule has 0 saturated carbocycles. The second-order valence-electron chi connectivity index (χ2n) is 17.6. The minimum Gasteiger partial charge on any atom is -0.309 e. The summed E-state index contributed by atoms with van der Waals surface area (Å²) in [6, 6.07) is 58.2. The maximum Gasteiger partial charge on any atom is 0.416 e. The van der Waals surface area contributed by atoms with Gasteiger partial charge < -0.3 is 9.13 Å². The van der Waals surface area contributed by atoms with Crippen molar-refractivity contribution < 1.29 is 26.3 Å². The lowest BCUT2D eigenvalue weighted by atomic mass is 9.94. The zero-order valence-corrected chi connectivity index (χ0v) is 38.1. The third-order valence-electron chi connectivity index (χ3n) is 13.2. The van der Waals surface area contributed by atoms with Gasteiger partial charge in [0.2, 0.25) is 0 Å². The van der Waals surface area contributed by atoms with Gasteiger partial charge in [-0.3, -0.25) is 0 Å². The SMILES string of the molecule is N#Cc1cc(C#N)cc(-c2ccc3c(c2)c2ccccc2n3-c2cc(C#N)ccc2-c2ccc(-c3cc(C(F)(F)F)cc(C(F)(F)F)c3)cc2-n2c3ccccc3c3cc(-c4cc(C#N)cc(C#N)c4)ccc32)c1. The molecule has 0 radical (unpaired) electrons. The number of alkyl halides is 6. The van der Waals surface area contributed by atoms with E-state index in [4.69, 9.17) is 0 Å². The van der Waals surface area contributed by atoms with Crippen molar-refractivity contribution in [3.05, 3.63) is 215 Å². The number of benzene rings is 9. The lowest BCUT2D eigenvalue weighted by Crippen LogP contribution is -2.11. The lowest BCUT2D eigenvalue weighted by molar-refractivity contribution is -0.143. The Morgan fingerprint density at radius 2 is 0.662 bits per heavy atom. The summed E-state index contributed by atoms with van der Waals surface area (Å²) in [5, 5.41) is 52.6. The third kappa shape index (κ3) is 7.87. The summed E-state index contributed by atoms with van der Waals surface area (Å²) in [5.41, 5.74) is 5.66. The highest BCUT2D eigenvalue weighted by atomic mass is 19.4. The van der Waals surface area contributed by atoms with Crippen molar-refractivity contribution in [3.63, 3.8) is 0 Å². The van der Waals surface area contributed by atoms with Gasteiger partial charge in [-0.1, -0.05) is 66.7 Å². The van der Waals surface area contributed by atoms with E-state index in [9.17, 15) is 52.7 Å². The number of halogens is 6. The lowest BCUT2D eigenvalue weighted by Gasteiger charge is -2.20. The Hall–Kier alpha value is -10.4. The van der Waals surface area contributed by atoms with Gasteiger partial charge in [0.25, 0.3) is 0 Å². The van der Waals surface area contributed by atoms with E-state index < -0.39 is 23.5 Å². The molecule has 0 unspecified atom stereocenters. The zero-order valence-electron chi connectivity index (χ0n) is 38.1. The molecule has 11 rings (SSSR count). The summed E-state index contributed by atoms with van der Waals surface area (Å²) < 4.78 is 90.4.